The summed E-state index contributed by atoms with van der Waals surface area (Å²) in [6, 6.07) is 20.0. The summed E-state index contributed by atoms with van der Waals surface area (Å²) < 4.78 is 66.4. The maximum Gasteiger partial charge on any atom is 0.242 e. The molecule has 2 aromatic heterocycles. The highest BCUT2D eigenvalue weighted by Crippen LogP contribution is 2.40. The van der Waals surface area contributed by atoms with Gasteiger partial charge in [-0.25, -0.2) is 27.8 Å². The number of hydrogen-bond donors (Lipinski definition) is 0. The van der Waals surface area contributed by atoms with Crippen molar-refractivity contribution in [1.82, 2.24) is 29.1 Å². The Labute approximate surface area is 350 Å². The van der Waals surface area contributed by atoms with E-state index in [1.807, 2.05) is 48.5 Å². The molecule has 0 amide bonds. The van der Waals surface area contributed by atoms with E-state index in [4.69, 9.17) is 38.9 Å². The third-order valence-electron chi connectivity index (χ3n) is 11.1. The fourth-order valence-electron chi connectivity index (χ4n) is 7.60. The molecule has 60 heavy (non-hydrogen) atoms. The fourth-order valence-corrected chi connectivity index (χ4v) is 8.78. The normalized spacial score (nSPS) is 15.9. The summed E-state index contributed by atoms with van der Waals surface area (Å²) >= 11 is 0. The lowest BCUT2D eigenvalue weighted by Crippen LogP contribution is -2.41. The Morgan fingerprint density at radius 1 is 0.783 bits per heavy atom. The average Bonchev–Trinajstić information content (AvgIpc) is 3.72. The number of likely N-dealkylation sites (N-methyl/N-ethyl adjacent to an activating group) is 1. The molecule has 3 aliphatic heterocycles. The molecule has 316 valence electrons. The van der Waals surface area contributed by atoms with Crippen LogP contribution in [0.3, 0.4) is 0 Å². The van der Waals surface area contributed by atoms with Gasteiger partial charge >= 0.3 is 0 Å². The number of morpholine rings is 2. The van der Waals surface area contributed by atoms with Gasteiger partial charge in [-0.15, -0.1) is 0 Å². The second-order valence-corrected chi connectivity index (χ2v) is 16.9. The van der Waals surface area contributed by atoms with E-state index in [0.29, 0.717) is 101 Å². The molecular formula is C43H50FN9O6S. The van der Waals surface area contributed by atoms with Gasteiger partial charge in [-0.1, -0.05) is 24.3 Å². The standard InChI is InChI=1S/C43H50FN9O6S/c1-49(16-17-50-18-22-58-23-19-50)60(54,55)36-12-13-39(38(44)26-36)53-15-14-37-40(47-43(48-41(37)53)51-20-24-59-25-21-51)33-27-45-42(46-28-33)52(29-31-4-8-34(56-2)9-5-31)30-32-6-10-35(57-3)11-7-32/h4-13,26-28H,14-25,29-30H2,1-3H3. The van der Waals surface area contributed by atoms with Crippen LogP contribution in [0.5, 0.6) is 11.5 Å². The Kier molecular flexibility index (Phi) is 12.7. The summed E-state index contributed by atoms with van der Waals surface area (Å²) in [7, 11) is 0.888. The molecule has 5 aromatic rings. The molecule has 0 bridgehead atoms. The highest BCUT2D eigenvalue weighted by Gasteiger charge is 2.32. The van der Waals surface area contributed by atoms with Gasteiger partial charge in [0, 0.05) is 89.5 Å². The van der Waals surface area contributed by atoms with Crippen molar-refractivity contribution in [2.45, 2.75) is 24.4 Å². The van der Waals surface area contributed by atoms with Crippen LogP contribution in [0.2, 0.25) is 0 Å². The van der Waals surface area contributed by atoms with E-state index in [0.717, 1.165) is 47.3 Å². The molecule has 0 aliphatic carbocycles. The van der Waals surface area contributed by atoms with Gasteiger partial charge in [0.05, 0.1) is 56.9 Å². The molecule has 0 unspecified atom stereocenters. The van der Waals surface area contributed by atoms with Crippen molar-refractivity contribution in [2.75, 3.05) is 108 Å². The first kappa shape index (κ1) is 41.3. The number of aromatic nitrogens is 4. The number of ether oxygens (including phenoxy) is 4. The van der Waals surface area contributed by atoms with Crippen molar-refractivity contribution in [2.24, 2.45) is 0 Å². The predicted molar refractivity (Wildman–Crippen MR) is 226 cm³/mol. The third kappa shape index (κ3) is 9.14. The number of sulfonamides is 1. The zero-order valence-electron chi connectivity index (χ0n) is 34.2. The highest BCUT2D eigenvalue weighted by molar-refractivity contribution is 7.89. The first-order chi connectivity index (χ1) is 29.2. The lowest BCUT2D eigenvalue weighted by molar-refractivity contribution is 0.0368. The Balaban J connectivity index is 1.08. The summed E-state index contributed by atoms with van der Waals surface area (Å²) in [4.78, 5) is 27.9. The molecule has 0 radical (unpaired) electrons. The zero-order valence-corrected chi connectivity index (χ0v) is 35.0. The quantitative estimate of drug-likeness (QED) is 0.143. The topological polar surface area (TPSA) is 139 Å². The van der Waals surface area contributed by atoms with Gasteiger partial charge in [-0.2, -0.15) is 9.29 Å². The lowest BCUT2D eigenvalue weighted by Gasteiger charge is -2.29. The van der Waals surface area contributed by atoms with E-state index in [-0.39, 0.29) is 17.1 Å². The first-order valence-corrected chi connectivity index (χ1v) is 21.5. The Hall–Kier alpha value is -5.46. The van der Waals surface area contributed by atoms with Gasteiger partial charge in [0.15, 0.2) is 0 Å². The average molecular weight is 840 g/mol. The van der Waals surface area contributed by atoms with Crippen LogP contribution in [-0.2, 0) is 39.0 Å². The predicted octanol–water partition coefficient (Wildman–Crippen LogP) is 4.78. The highest BCUT2D eigenvalue weighted by atomic mass is 32.2. The molecule has 2 fully saturated rings. The number of rotatable bonds is 15. The van der Waals surface area contributed by atoms with Crippen LogP contribution in [-0.4, -0.2) is 131 Å². The minimum Gasteiger partial charge on any atom is -0.497 e. The van der Waals surface area contributed by atoms with Crippen molar-refractivity contribution < 1.29 is 31.8 Å². The summed E-state index contributed by atoms with van der Waals surface area (Å²) in [6.07, 6.45) is 4.09. The number of hydrogen-bond acceptors (Lipinski definition) is 14. The SMILES string of the molecule is COc1ccc(CN(Cc2ccc(OC)cc2)c2ncc(-c3nc(N4CCOCC4)nc4c3CCN4c3ccc(S(=O)(=O)N(C)CCN4CCOCC4)cc3F)cn2)cc1. The Morgan fingerprint density at radius 2 is 1.38 bits per heavy atom. The van der Waals surface area contributed by atoms with E-state index in [9.17, 15) is 8.42 Å². The van der Waals surface area contributed by atoms with E-state index in [1.54, 1.807) is 31.5 Å². The van der Waals surface area contributed by atoms with Crippen LogP contribution >= 0.6 is 0 Å². The summed E-state index contributed by atoms with van der Waals surface area (Å²) in [5, 5.41) is 0. The third-order valence-corrected chi connectivity index (χ3v) is 13.0. The van der Waals surface area contributed by atoms with Crippen molar-refractivity contribution in [3.8, 4) is 22.8 Å². The molecule has 15 nitrogen and oxygen atoms in total. The summed E-state index contributed by atoms with van der Waals surface area (Å²) in [6.45, 7) is 7.36. The number of fused-ring (bicyclic) bond motifs is 1. The van der Waals surface area contributed by atoms with Crippen LogP contribution in [0.1, 0.15) is 16.7 Å². The molecule has 8 rings (SSSR count). The second kappa shape index (κ2) is 18.4. The molecule has 0 N–H and O–H groups in total. The van der Waals surface area contributed by atoms with Gasteiger partial charge in [-0.3, -0.25) is 4.90 Å². The monoisotopic (exact) mass is 839 g/mol. The first-order valence-electron chi connectivity index (χ1n) is 20.1. The van der Waals surface area contributed by atoms with Crippen LogP contribution in [0, 0.1) is 5.82 Å². The maximum atomic E-state index is 16.2. The molecule has 0 spiro atoms. The molecule has 5 heterocycles. The van der Waals surface area contributed by atoms with Gasteiger partial charge in [-0.05, 0) is 60.0 Å². The molecule has 3 aliphatic rings. The summed E-state index contributed by atoms with van der Waals surface area (Å²) in [5.74, 6) is 2.49. The Morgan fingerprint density at radius 3 is 1.97 bits per heavy atom. The maximum absolute atomic E-state index is 16.2. The summed E-state index contributed by atoms with van der Waals surface area (Å²) in [5.41, 5.74) is 4.55. The van der Waals surface area contributed by atoms with E-state index >= 15 is 4.39 Å². The fraction of sp³-hybridized carbons (Fsp3) is 0.395. The lowest BCUT2D eigenvalue weighted by atomic mass is 10.1. The number of methoxy groups -OCH3 is 2. The zero-order chi connectivity index (χ0) is 41.6. The molecule has 3 aromatic carbocycles. The number of benzene rings is 3. The largest absolute Gasteiger partial charge is 0.497 e. The Bertz CT molecular complexity index is 2300. The van der Waals surface area contributed by atoms with Crippen molar-refractivity contribution >= 4 is 33.4 Å². The number of nitrogens with zero attached hydrogens (tertiary/aromatic N) is 9. The van der Waals surface area contributed by atoms with Crippen LogP contribution in [0.4, 0.5) is 27.8 Å². The molecule has 17 heteroatoms. The number of halogens is 1. The minimum absolute atomic E-state index is 0.102. The molecular weight excluding hydrogens is 790 g/mol. The smallest absolute Gasteiger partial charge is 0.242 e. The van der Waals surface area contributed by atoms with E-state index in [1.165, 1.54) is 23.5 Å². The number of anilines is 4. The minimum atomic E-state index is -3.93. The molecule has 0 atom stereocenters. The molecule has 2 saturated heterocycles. The van der Waals surface area contributed by atoms with Gasteiger partial charge in [0.2, 0.25) is 21.9 Å². The van der Waals surface area contributed by atoms with Gasteiger partial charge in [0.1, 0.15) is 23.1 Å². The van der Waals surface area contributed by atoms with Crippen LogP contribution < -0.4 is 24.2 Å². The van der Waals surface area contributed by atoms with Gasteiger partial charge < -0.3 is 33.6 Å². The van der Waals surface area contributed by atoms with Gasteiger partial charge in [0.25, 0.3) is 0 Å². The van der Waals surface area contributed by atoms with Crippen molar-refractivity contribution in [3.05, 3.63) is 102 Å². The van der Waals surface area contributed by atoms with Crippen LogP contribution in [0.15, 0.2) is 84.0 Å². The molecule has 0 saturated carbocycles. The van der Waals surface area contributed by atoms with Crippen molar-refractivity contribution in [3.63, 3.8) is 0 Å². The van der Waals surface area contributed by atoms with Crippen LogP contribution in [0.25, 0.3) is 11.3 Å². The second-order valence-electron chi connectivity index (χ2n) is 14.9. The van der Waals surface area contributed by atoms with E-state index in [2.05, 4.69) is 14.7 Å². The van der Waals surface area contributed by atoms with E-state index < -0.39 is 15.8 Å². The van der Waals surface area contributed by atoms with Crippen molar-refractivity contribution in [1.29, 1.82) is 0 Å².